The molecule has 2 fully saturated rings. The third kappa shape index (κ3) is 2.58. The van der Waals surface area contributed by atoms with Crippen molar-refractivity contribution in [3.63, 3.8) is 0 Å². The summed E-state index contributed by atoms with van der Waals surface area (Å²) in [7, 11) is 0. The molecule has 5 nitrogen and oxygen atoms in total. The van der Waals surface area contributed by atoms with E-state index in [4.69, 9.17) is 4.74 Å². The lowest BCUT2D eigenvalue weighted by atomic mass is 9.71. The largest absolute Gasteiger partial charge is 0.376 e. The molecule has 4 atom stereocenters. The lowest BCUT2D eigenvalue weighted by Crippen LogP contribution is -2.70. The summed E-state index contributed by atoms with van der Waals surface area (Å²) < 4.78 is 5.62. The topological polar surface area (TPSA) is 67.4 Å². The van der Waals surface area contributed by atoms with Gasteiger partial charge < -0.3 is 15.4 Å². The Balaban J connectivity index is 1.60. The average molecular weight is 294 g/mol. The van der Waals surface area contributed by atoms with Crippen molar-refractivity contribution < 1.29 is 14.3 Å². The number of amides is 2. The molecule has 0 aromatic carbocycles. The van der Waals surface area contributed by atoms with E-state index in [0.29, 0.717) is 18.9 Å². The molecule has 1 saturated heterocycles. The van der Waals surface area contributed by atoms with Crippen LogP contribution >= 0.6 is 11.3 Å². The van der Waals surface area contributed by atoms with Crippen molar-refractivity contribution in [1.82, 2.24) is 10.6 Å². The molecule has 2 heterocycles. The van der Waals surface area contributed by atoms with Crippen LogP contribution in [0.1, 0.15) is 18.9 Å². The minimum absolute atomic E-state index is 0.00228. The molecule has 1 aromatic heterocycles. The molecule has 3 rings (SSSR count). The number of hydrogen-bond acceptors (Lipinski definition) is 4. The fraction of sp³-hybridized carbons (Fsp3) is 0.571. The third-order valence-corrected chi connectivity index (χ3v) is 4.76. The van der Waals surface area contributed by atoms with E-state index in [-0.39, 0.29) is 30.0 Å². The zero-order valence-corrected chi connectivity index (χ0v) is 12.1. The van der Waals surface area contributed by atoms with E-state index < -0.39 is 0 Å². The van der Waals surface area contributed by atoms with Crippen molar-refractivity contribution in [2.75, 3.05) is 6.61 Å². The second-order valence-corrected chi connectivity index (χ2v) is 6.20. The monoisotopic (exact) mass is 294 g/mol. The smallest absolute Gasteiger partial charge is 0.224 e. The molecule has 1 aliphatic carbocycles. The molecule has 20 heavy (non-hydrogen) atoms. The van der Waals surface area contributed by atoms with Crippen molar-refractivity contribution in [3.8, 4) is 0 Å². The summed E-state index contributed by atoms with van der Waals surface area (Å²) in [6.07, 6.45) is 1.40. The number of carbonyl (C=O) groups excluding carboxylic acids is 2. The zero-order valence-electron chi connectivity index (χ0n) is 11.3. The summed E-state index contributed by atoms with van der Waals surface area (Å²) in [6.45, 7) is 2.20. The maximum atomic E-state index is 12.1. The van der Waals surface area contributed by atoms with Gasteiger partial charge in [0.2, 0.25) is 11.8 Å². The van der Waals surface area contributed by atoms with Gasteiger partial charge in [-0.2, -0.15) is 11.3 Å². The highest BCUT2D eigenvalue weighted by atomic mass is 32.1. The lowest BCUT2D eigenvalue weighted by molar-refractivity contribution is -0.129. The van der Waals surface area contributed by atoms with Crippen LogP contribution in [0.15, 0.2) is 16.8 Å². The number of hydrogen-bond donors (Lipinski definition) is 2. The molecule has 6 heteroatoms. The van der Waals surface area contributed by atoms with E-state index >= 15 is 0 Å². The molecular weight excluding hydrogens is 276 g/mol. The van der Waals surface area contributed by atoms with Crippen LogP contribution in [0.5, 0.6) is 0 Å². The highest BCUT2D eigenvalue weighted by Gasteiger charge is 2.54. The first-order chi connectivity index (χ1) is 9.65. The Bertz CT molecular complexity index is 503. The molecule has 2 aliphatic rings. The van der Waals surface area contributed by atoms with Gasteiger partial charge in [0.1, 0.15) is 0 Å². The summed E-state index contributed by atoms with van der Waals surface area (Å²) in [5, 5.41) is 9.89. The van der Waals surface area contributed by atoms with E-state index in [9.17, 15) is 9.59 Å². The van der Waals surface area contributed by atoms with Gasteiger partial charge in [0, 0.05) is 19.4 Å². The molecule has 0 bridgehead atoms. The van der Waals surface area contributed by atoms with Gasteiger partial charge in [-0.15, -0.1) is 0 Å². The van der Waals surface area contributed by atoms with Gasteiger partial charge in [-0.25, -0.2) is 0 Å². The second kappa shape index (κ2) is 5.54. The first kappa shape index (κ1) is 13.6. The van der Waals surface area contributed by atoms with Crippen LogP contribution in [0.25, 0.3) is 0 Å². The van der Waals surface area contributed by atoms with Crippen molar-refractivity contribution in [2.45, 2.75) is 38.0 Å². The van der Waals surface area contributed by atoms with E-state index in [1.54, 1.807) is 11.3 Å². The Kier molecular flexibility index (Phi) is 3.76. The molecule has 2 N–H and O–H groups in total. The number of rotatable bonds is 4. The van der Waals surface area contributed by atoms with Crippen LogP contribution in [0.4, 0.5) is 0 Å². The molecule has 0 unspecified atom stereocenters. The number of thiophene rings is 1. The third-order valence-electron chi connectivity index (χ3n) is 4.03. The van der Waals surface area contributed by atoms with E-state index in [1.807, 2.05) is 16.8 Å². The zero-order chi connectivity index (χ0) is 14.1. The molecule has 1 saturated carbocycles. The number of fused-ring (bicyclic) bond motifs is 1. The number of nitrogens with one attached hydrogen (secondary N) is 2. The molecule has 2 amide bonds. The maximum Gasteiger partial charge on any atom is 0.224 e. The number of ether oxygens (including phenoxy) is 1. The Morgan fingerprint density at radius 1 is 1.40 bits per heavy atom. The molecular formula is C14H18N2O3S. The fourth-order valence-corrected chi connectivity index (χ4v) is 3.79. The highest BCUT2D eigenvalue weighted by Crippen LogP contribution is 2.39. The Hall–Kier alpha value is -1.40. The minimum Gasteiger partial charge on any atom is -0.376 e. The molecule has 1 aliphatic heterocycles. The lowest BCUT2D eigenvalue weighted by Gasteiger charge is -2.47. The Morgan fingerprint density at radius 3 is 2.95 bits per heavy atom. The maximum absolute atomic E-state index is 12.1. The average Bonchev–Trinajstić information content (AvgIpc) is 3.02. The van der Waals surface area contributed by atoms with E-state index in [1.165, 1.54) is 6.92 Å². The summed E-state index contributed by atoms with van der Waals surface area (Å²) >= 11 is 1.59. The van der Waals surface area contributed by atoms with Crippen molar-refractivity contribution in [3.05, 3.63) is 22.4 Å². The molecule has 0 radical (unpaired) electrons. The molecule has 0 spiro atoms. The standard InChI is InChI=1S/C14H18N2O3S/c1-8(17)15-13-12(10-2-4-19-14(10)13)16-11(18)6-9-3-5-20-7-9/h3,5,7,10,12-14H,2,4,6H2,1H3,(H,15,17)(H,16,18)/t10-,12+,13-,14-/m1/s1. The second-order valence-electron chi connectivity index (χ2n) is 5.42. The molecule has 108 valence electrons. The van der Waals surface area contributed by atoms with Gasteiger partial charge in [-0.05, 0) is 28.8 Å². The first-order valence-electron chi connectivity index (χ1n) is 6.84. The minimum atomic E-state index is -0.0913. The van der Waals surface area contributed by atoms with Gasteiger partial charge in [-0.3, -0.25) is 9.59 Å². The van der Waals surface area contributed by atoms with Gasteiger partial charge in [0.15, 0.2) is 0 Å². The van der Waals surface area contributed by atoms with Crippen LogP contribution < -0.4 is 10.6 Å². The predicted molar refractivity (Wildman–Crippen MR) is 75.4 cm³/mol. The SMILES string of the molecule is CC(=O)N[C@@H]1[C@@H](NC(=O)Cc2ccsc2)[C@H]2CCO[C@H]21. The van der Waals surface area contributed by atoms with Crippen LogP contribution in [0.3, 0.4) is 0 Å². The van der Waals surface area contributed by atoms with Crippen LogP contribution in [-0.4, -0.2) is 36.6 Å². The summed E-state index contributed by atoms with van der Waals surface area (Å²) in [4.78, 5) is 23.3. The summed E-state index contributed by atoms with van der Waals surface area (Å²) in [5.74, 6) is 0.258. The quantitative estimate of drug-likeness (QED) is 0.859. The molecule has 1 aromatic rings. The first-order valence-corrected chi connectivity index (χ1v) is 7.78. The van der Waals surface area contributed by atoms with Crippen molar-refractivity contribution >= 4 is 23.2 Å². The van der Waals surface area contributed by atoms with E-state index in [2.05, 4.69) is 10.6 Å². The van der Waals surface area contributed by atoms with Gasteiger partial charge in [0.25, 0.3) is 0 Å². The van der Waals surface area contributed by atoms with Crippen LogP contribution in [0, 0.1) is 5.92 Å². The highest BCUT2D eigenvalue weighted by molar-refractivity contribution is 7.07. The predicted octanol–water partition coefficient (Wildman–Crippen LogP) is 0.699. The fourth-order valence-electron chi connectivity index (χ4n) is 3.13. The van der Waals surface area contributed by atoms with Gasteiger partial charge in [-0.1, -0.05) is 0 Å². The van der Waals surface area contributed by atoms with E-state index in [0.717, 1.165) is 12.0 Å². The Labute approximate surface area is 121 Å². The number of carbonyl (C=O) groups is 2. The Morgan fingerprint density at radius 2 is 2.25 bits per heavy atom. The van der Waals surface area contributed by atoms with Crippen LogP contribution in [0.2, 0.25) is 0 Å². The van der Waals surface area contributed by atoms with Crippen molar-refractivity contribution in [2.24, 2.45) is 5.92 Å². The van der Waals surface area contributed by atoms with Crippen molar-refractivity contribution in [1.29, 1.82) is 0 Å². The normalized spacial score (nSPS) is 31.2. The summed E-state index contributed by atoms with van der Waals surface area (Å²) in [6, 6.07) is 1.86. The van der Waals surface area contributed by atoms with Gasteiger partial charge >= 0.3 is 0 Å². The van der Waals surface area contributed by atoms with Crippen LogP contribution in [-0.2, 0) is 20.7 Å². The summed E-state index contributed by atoms with van der Waals surface area (Å²) in [5.41, 5.74) is 1.03. The van der Waals surface area contributed by atoms with Gasteiger partial charge in [0.05, 0.1) is 24.6 Å².